The molecule has 0 radical (unpaired) electrons. The van der Waals surface area contributed by atoms with Gasteiger partial charge in [-0.2, -0.15) is 0 Å². The molecular formula is C22H21FO7. The fourth-order valence-electron chi connectivity index (χ4n) is 3.05. The normalized spacial score (nSPS) is 25.4. The van der Waals surface area contributed by atoms with Gasteiger partial charge < -0.3 is 18.9 Å². The van der Waals surface area contributed by atoms with Crippen molar-refractivity contribution in [2.24, 2.45) is 0 Å². The van der Waals surface area contributed by atoms with Crippen molar-refractivity contribution in [3.63, 3.8) is 0 Å². The predicted molar refractivity (Wildman–Crippen MR) is 102 cm³/mol. The van der Waals surface area contributed by atoms with E-state index in [-0.39, 0.29) is 5.56 Å². The lowest BCUT2D eigenvalue weighted by atomic mass is 9.99. The third-order valence-corrected chi connectivity index (χ3v) is 4.56. The summed E-state index contributed by atoms with van der Waals surface area (Å²) in [5.74, 6) is -2.20. The Morgan fingerprint density at radius 3 is 2.00 bits per heavy atom. The Hall–Kier alpha value is -3.26. The number of rotatable bonds is 6. The molecule has 2 aromatic carbocycles. The number of hydrogen-bond donors (Lipinski definition) is 0. The third-order valence-electron chi connectivity index (χ3n) is 4.56. The standard InChI is InChI=1S/C22H21FO7/c1-14(24)28-21-22(2,23)18(30-20(26)16-11-7-4-8-12-16)17(29-21)13-27-19(25)15-9-5-3-6-10-15/h3-12,17-18,21H,13H2,1-2H3/t17-,18-,21?,22?/m1/s1. The molecule has 3 rings (SSSR count). The van der Waals surface area contributed by atoms with Crippen LogP contribution in [0.25, 0.3) is 0 Å². The molecule has 0 saturated carbocycles. The van der Waals surface area contributed by atoms with E-state index in [1.165, 1.54) is 12.1 Å². The summed E-state index contributed by atoms with van der Waals surface area (Å²) in [5.41, 5.74) is -1.85. The fourth-order valence-corrected chi connectivity index (χ4v) is 3.05. The van der Waals surface area contributed by atoms with Crippen molar-refractivity contribution < 1.29 is 37.7 Å². The summed E-state index contributed by atoms with van der Waals surface area (Å²) in [6, 6.07) is 16.2. The predicted octanol–water partition coefficient (Wildman–Crippen LogP) is 3.09. The van der Waals surface area contributed by atoms with Crippen LogP contribution < -0.4 is 0 Å². The van der Waals surface area contributed by atoms with Crippen molar-refractivity contribution in [2.75, 3.05) is 6.61 Å². The first-order chi connectivity index (χ1) is 14.3. The molecule has 0 N–H and O–H groups in total. The fraction of sp³-hybridized carbons (Fsp3) is 0.318. The van der Waals surface area contributed by atoms with Crippen LogP contribution in [0.5, 0.6) is 0 Å². The van der Waals surface area contributed by atoms with Gasteiger partial charge in [0.2, 0.25) is 12.0 Å². The Labute approximate surface area is 172 Å². The van der Waals surface area contributed by atoms with Crippen molar-refractivity contribution in [2.45, 2.75) is 38.0 Å². The molecule has 158 valence electrons. The number of esters is 3. The zero-order valence-corrected chi connectivity index (χ0v) is 16.4. The molecule has 1 saturated heterocycles. The summed E-state index contributed by atoms with van der Waals surface area (Å²) < 4.78 is 36.4. The van der Waals surface area contributed by atoms with Gasteiger partial charge in [-0.15, -0.1) is 0 Å². The van der Waals surface area contributed by atoms with Gasteiger partial charge in [0.05, 0.1) is 11.1 Å². The lowest BCUT2D eigenvalue weighted by molar-refractivity contribution is -0.193. The molecule has 0 aromatic heterocycles. The van der Waals surface area contributed by atoms with Crippen molar-refractivity contribution in [1.82, 2.24) is 0 Å². The average Bonchev–Trinajstić information content (AvgIpc) is 2.96. The van der Waals surface area contributed by atoms with Crippen LogP contribution in [0.3, 0.4) is 0 Å². The van der Waals surface area contributed by atoms with E-state index in [1.54, 1.807) is 48.5 Å². The van der Waals surface area contributed by atoms with Gasteiger partial charge in [0.15, 0.2) is 6.10 Å². The van der Waals surface area contributed by atoms with E-state index in [2.05, 4.69) is 0 Å². The van der Waals surface area contributed by atoms with E-state index in [0.29, 0.717) is 5.56 Å². The smallest absolute Gasteiger partial charge is 0.338 e. The van der Waals surface area contributed by atoms with Gasteiger partial charge in [-0.05, 0) is 31.2 Å². The first-order valence-corrected chi connectivity index (χ1v) is 9.29. The molecule has 7 nitrogen and oxygen atoms in total. The highest BCUT2D eigenvalue weighted by Crippen LogP contribution is 2.38. The van der Waals surface area contributed by atoms with Crippen molar-refractivity contribution in [3.8, 4) is 0 Å². The molecule has 0 spiro atoms. The molecule has 1 aliphatic rings. The van der Waals surface area contributed by atoms with Crippen LogP contribution in [0.1, 0.15) is 34.6 Å². The monoisotopic (exact) mass is 416 g/mol. The van der Waals surface area contributed by atoms with Crippen LogP contribution in [0.4, 0.5) is 4.39 Å². The zero-order chi connectivity index (χ0) is 21.7. The van der Waals surface area contributed by atoms with E-state index in [1.807, 2.05) is 0 Å². The molecule has 4 atom stereocenters. The second-order valence-corrected chi connectivity index (χ2v) is 6.92. The SMILES string of the molecule is CC(=O)OC1O[C@H](COC(=O)c2ccccc2)[C@@H](OC(=O)c2ccccc2)C1(C)F. The number of benzene rings is 2. The van der Waals surface area contributed by atoms with Gasteiger partial charge in [0.25, 0.3) is 0 Å². The molecule has 1 fully saturated rings. The van der Waals surface area contributed by atoms with Gasteiger partial charge in [-0.3, -0.25) is 4.79 Å². The van der Waals surface area contributed by atoms with Crippen LogP contribution in [-0.4, -0.2) is 48.7 Å². The number of carbonyl (C=O) groups is 3. The number of halogens is 1. The van der Waals surface area contributed by atoms with Crippen LogP contribution in [0.2, 0.25) is 0 Å². The highest BCUT2D eigenvalue weighted by molar-refractivity contribution is 5.90. The Morgan fingerprint density at radius 2 is 1.47 bits per heavy atom. The number of ether oxygens (including phenoxy) is 4. The zero-order valence-electron chi connectivity index (χ0n) is 16.4. The second kappa shape index (κ2) is 9.04. The highest BCUT2D eigenvalue weighted by Gasteiger charge is 2.59. The number of alkyl halides is 1. The first kappa shape index (κ1) is 21.4. The van der Waals surface area contributed by atoms with E-state index >= 15 is 4.39 Å². The minimum absolute atomic E-state index is 0.212. The molecule has 30 heavy (non-hydrogen) atoms. The van der Waals surface area contributed by atoms with E-state index in [9.17, 15) is 14.4 Å². The lowest BCUT2D eigenvalue weighted by Gasteiger charge is -2.26. The van der Waals surface area contributed by atoms with Gasteiger partial charge >= 0.3 is 17.9 Å². The maximum atomic E-state index is 15.5. The summed E-state index contributed by atoms with van der Waals surface area (Å²) in [6.45, 7) is 1.80. The molecule has 8 heteroatoms. The van der Waals surface area contributed by atoms with E-state index in [0.717, 1.165) is 13.8 Å². The van der Waals surface area contributed by atoms with Crippen LogP contribution in [0.15, 0.2) is 60.7 Å². The number of hydrogen-bond acceptors (Lipinski definition) is 7. The maximum absolute atomic E-state index is 15.5. The lowest BCUT2D eigenvalue weighted by Crippen LogP contribution is -2.46. The van der Waals surface area contributed by atoms with Gasteiger partial charge in [0, 0.05) is 6.92 Å². The molecule has 0 bridgehead atoms. The highest BCUT2D eigenvalue weighted by atomic mass is 19.1. The van der Waals surface area contributed by atoms with Crippen LogP contribution in [0, 0.1) is 0 Å². The second-order valence-electron chi connectivity index (χ2n) is 6.92. The largest absolute Gasteiger partial charge is 0.459 e. The Morgan fingerprint density at radius 1 is 0.933 bits per heavy atom. The van der Waals surface area contributed by atoms with Crippen molar-refractivity contribution in [1.29, 1.82) is 0 Å². The van der Waals surface area contributed by atoms with Gasteiger partial charge in [0.1, 0.15) is 12.7 Å². The summed E-state index contributed by atoms with van der Waals surface area (Å²) in [4.78, 5) is 36.0. The Balaban J connectivity index is 1.76. The van der Waals surface area contributed by atoms with E-state index < -0.39 is 48.7 Å². The molecule has 0 amide bonds. The Bertz CT molecular complexity index is 898. The minimum Gasteiger partial charge on any atom is -0.459 e. The molecule has 2 aromatic rings. The molecule has 2 unspecified atom stereocenters. The van der Waals surface area contributed by atoms with Gasteiger partial charge in [-0.25, -0.2) is 14.0 Å². The Kier molecular flexibility index (Phi) is 6.47. The van der Waals surface area contributed by atoms with Crippen molar-refractivity contribution in [3.05, 3.63) is 71.8 Å². The first-order valence-electron chi connectivity index (χ1n) is 9.29. The van der Waals surface area contributed by atoms with Crippen LogP contribution >= 0.6 is 0 Å². The van der Waals surface area contributed by atoms with Gasteiger partial charge in [-0.1, -0.05) is 36.4 Å². The number of carbonyl (C=O) groups excluding carboxylic acids is 3. The maximum Gasteiger partial charge on any atom is 0.338 e. The summed E-state index contributed by atoms with van der Waals surface area (Å²) in [7, 11) is 0. The average molecular weight is 416 g/mol. The van der Waals surface area contributed by atoms with Crippen LogP contribution in [-0.2, 0) is 23.7 Å². The summed E-state index contributed by atoms with van der Waals surface area (Å²) in [5, 5.41) is 0. The summed E-state index contributed by atoms with van der Waals surface area (Å²) >= 11 is 0. The third kappa shape index (κ3) is 4.83. The molecule has 0 aliphatic carbocycles. The molecule has 1 aliphatic heterocycles. The summed E-state index contributed by atoms with van der Waals surface area (Å²) in [6.07, 6.45) is -4.27. The van der Waals surface area contributed by atoms with E-state index in [4.69, 9.17) is 18.9 Å². The quantitative estimate of drug-likeness (QED) is 0.528. The topological polar surface area (TPSA) is 88.1 Å². The van der Waals surface area contributed by atoms with Crippen molar-refractivity contribution >= 4 is 17.9 Å². The molecular weight excluding hydrogens is 395 g/mol. The minimum atomic E-state index is -2.36. The molecule has 1 heterocycles.